The second-order valence-corrected chi connectivity index (χ2v) is 8.97. The number of nitrogens with zero attached hydrogens (tertiary/aromatic N) is 3. The maximum atomic E-state index is 13.0. The molecule has 0 spiro atoms. The van der Waals surface area contributed by atoms with E-state index in [1.54, 1.807) is 14.2 Å². The number of hydrogen-bond donors (Lipinski definition) is 0. The molecule has 1 aromatic heterocycles. The number of allylic oxidation sites excluding steroid dienone is 1. The average Bonchev–Trinajstić information content (AvgIpc) is 3.50. The lowest BCUT2D eigenvalue weighted by Gasteiger charge is -2.18. The third-order valence-electron chi connectivity index (χ3n) is 6.68. The molecule has 0 bridgehead atoms. The van der Waals surface area contributed by atoms with Gasteiger partial charge in [-0.05, 0) is 61.0 Å². The van der Waals surface area contributed by atoms with Gasteiger partial charge >= 0.3 is 0 Å². The van der Waals surface area contributed by atoms with Crippen LogP contribution in [-0.2, 0) is 11.3 Å². The van der Waals surface area contributed by atoms with Gasteiger partial charge in [-0.1, -0.05) is 30.4 Å². The second-order valence-electron chi connectivity index (χ2n) is 8.97. The molecule has 0 radical (unpaired) electrons. The third-order valence-corrected chi connectivity index (χ3v) is 6.68. The molecule has 1 aliphatic heterocycles. The van der Waals surface area contributed by atoms with Crippen LogP contribution < -0.4 is 19.1 Å². The predicted molar refractivity (Wildman–Crippen MR) is 146 cm³/mol. The van der Waals surface area contributed by atoms with Crippen LogP contribution in [0.2, 0.25) is 0 Å². The zero-order valence-electron chi connectivity index (χ0n) is 21.4. The van der Waals surface area contributed by atoms with E-state index in [1.165, 1.54) is 0 Å². The van der Waals surface area contributed by atoms with Crippen molar-refractivity contribution in [3.63, 3.8) is 0 Å². The van der Waals surface area contributed by atoms with Crippen LogP contribution in [0.25, 0.3) is 17.1 Å². The number of fused-ring (bicyclic) bond motifs is 1. The Morgan fingerprint density at radius 1 is 1.00 bits per heavy atom. The van der Waals surface area contributed by atoms with Crippen molar-refractivity contribution in [1.82, 2.24) is 9.55 Å². The highest BCUT2D eigenvalue weighted by Crippen LogP contribution is 2.34. The van der Waals surface area contributed by atoms with Crippen LogP contribution in [0.3, 0.4) is 0 Å². The van der Waals surface area contributed by atoms with Gasteiger partial charge in [0.1, 0.15) is 18.2 Å². The van der Waals surface area contributed by atoms with Crippen molar-refractivity contribution < 1.29 is 19.0 Å². The van der Waals surface area contributed by atoms with Crippen LogP contribution in [0.5, 0.6) is 17.2 Å². The van der Waals surface area contributed by atoms with Gasteiger partial charge in [0.2, 0.25) is 5.91 Å². The third kappa shape index (κ3) is 5.03. The number of ether oxygens (including phenoxy) is 3. The van der Waals surface area contributed by atoms with Crippen LogP contribution in [0, 0.1) is 0 Å². The van der Waals surface area contributed by atoms with E-state index in [0.717, 1.165) is 33.9 Å². The van der Waals surface area contributed by atoms with Crippen LogP contribution in [-0.4, -0.2) is 42.8 Å². The van der Waals surface area contributed by atoms with Crippen LogP contribution in [0.15, 0.2) is 72.8 Å². The summed E-state index contributed by atoms with van der Waals surface area (Å²) in [6.07, 6.45) is 4.43. The summed E-state index contributed by atoms with van der Waals surface area (Å²) in [5, 5.41) is 0. The molecule has 1 saturated heterocycles. The standard InChI is InChI=1S/C30H31N3O4/c1-4-7-21-10-15-27(28(18-21)36-3)37-17-16-32-26-9-6-5-8-25(26)31-30(32)22-19-29(34)33(20-22)23-11-13-24(35-2)14-12-23/h4-15,18,22H,16-17,19-20H2,1-3H3/b7-4+. The van der Waals surface area contributed by atoms with Gasteiger partial charge in [-0.25, -0.2) is 4.98 Å². The Kier molecular flexibility index (Phi) is 7.12. The first-order valence-electron chi connectivity index (χ1n) is 12.4. The molecule has 0 aliphatic carbocycles. The molecule has 2 heterocycles. The smallest absolute Gasteiger partial charge is 0.227 e. The van der Waals surface area contributed by atoms with Crippen LogP contribution in [0.1, 0.15) is 30.7 Å². The molecule has 7 nitrogen and oxygen atoms in total. The molecule has 3 aromatic carbocycles. The molecule has 7 heteroatoms. The molecule has 4 aromatic rings. The molecule has 0 N–H and O–H groups in total. The summed E-state index contributed by atoms with van der Waals surface area (Å²) in [5.41, 5.74) is 3.88. The highest BCUT2D eigenvalue weighted by molar-refractivity contribution is 5.96. The minimum absolute atomic E-state index is 0.0170. The Hall–Kier alpha value is -4.26. The first-order chi connectivity index (χ1) is 18.1. The minimum atomic E-state index is -0.0170. The van der Waals surface area contributed by atoms with Crippen molar-refractivity contribution in [2.75, 3.05) is 32.3 Å². The number of methoxy groups -OCH3 is 2. The molecule has 1 atom stereocenters. The Balaban J connectivity index is 1.37. The maximum absolute atomic E-state index is 13.0. The fourth-order valence-corrected chi connectivity index (χ4v) is 4.88. The molecule has 5 rings (SSSR count). The Morgan fingerprint density at radius 3 is 2.57 bits per heavy atom. The van der Waals surface area contributed by atoms with Gasteiger partial charge < -0.3 is 23.7 Å². The fourth-order valence-electron chi connectivity index (χ4n) is 4.88. The van der Waals surface area contributed by atoms with Crippen molar-refractivity contribution in [3.05, 3.63) is 84.2 Å². The summed E-state index contributed by atoms with van der Waals surface area (Å²) in [6, 6.07) is 21.6. The molecule has 0 saturated carbocycles. The zero-order chi connectivity index (χ0) is 25.8. The number of anilines is 1. The van der Waals surface area contributed by atoms with E-state index in [1.807, 2.05) is 84.6 Å². The largest absolute Gasteiger partial charge is 0.497 e. The number of para-hydroxylation sites is 2. The van der Waals surface area contributed by atoms with Gasteiger partial charge in [0.25, 0.3) is 0 Å². The summed E-state index contributed by atoms with van der Waals surface area (Å²) in [7, 11) is 3.28. The van der Waals surface area contributed by atoms with Crippen molar-refractivity contribution in [3.8, 4) is 17.2 Å². The Morgan fingerprint density at radius 2 is 1.81 bits per heavy atom. The maximum Gasteiger partial charge on any atom is 0.227 e. The van der Waals surface area contributed by atoms with E-state index < -0.39 is 0 Å². The highest BCUT2D eigenvalue weighted by Gasteiger charge is 2.34. The number of carbonyl (C=O) groups excluding carboxylic acids is 1. The highest BCUT2D eigenvalue weighted by atomic mass is 16.5. The number of benzene rings is 3. The van der Waals surface area contributed by atoms with Gasteiger partial charge in [0.05, 0.1) is 31.8 Å². The van der Waals surface area contributed by atoms with Gasteiger partial charge in [0.15, 0.2) is 11.5 Å². The van der Waals surface area contributed by atoms with E-state index in [0.29, 0.717) is 37.6 Å². The number of aromatic nitrogens is 2. The van der Waals surface area contributed by atoms with Gasteiger partial charge in [-0.2, -0.15) is 0 Å². The fraction of sp³-hybridized carbons (Fsp3) is 0.267. The second kappa shape index (κ2) is 10.8. The number of rotatable bonds is 9. The van der Waals surface area contributed by atoms with Gasteiger partial charge in [0, 0.05) is 24.6 Å². The lowest BCUT2D eigenvalue weighted by molar-refractivity contribution is -0.117. The first kappa shape index (κ1) is 24.4. The van der Waals surface area contributed by atoms with Gasteiger partial charge in [-0.15, -0.1) is 0 Å². The first-order valence-corrected chi connectivity index (χ1v) is 12.4. The van der Waals surface area contributed by atoms with E-state index in [4.69, 9.17) is 19.2 Å². The zero-order valence-corrected chi connectivity index (χ0v) is 21.4. The summed E-state index contributed by atoms with van der Waals surface area (Å²) in [4.78, 5) is 19.8. The summed E-state index contributed by atoms with van der Waals surface area (Å²) < 4.78 is 19.1. The summed E-state index contributed by atoms with van der Waals surface area (Å²) >= 11 is 0. The van der Waals surface area contributed by atoms with Crippen molar-refractivity contribution >= 4 is 28.7 Å². The number of amides is 1. The average molecular weight is 498 g/mol. The Bertz CT molecular complexity index is 1420. The van der Waals surface area contributed by atoms with Crippen molar-refractivity contribution in [2.45, 2.75) is 25.8 Å². The summed E-state index contributed by atoms with van der Waals surface area (Å²) in [6.45, 7) is 3.60. The molecular formula is C30H31N3O4. The molecule has 1 unspecified atom stereocenters. The lowest BCUT2D eigenvalue weighted by atomic mass is 10.1. The molecular weight excluding hydrogens is 466 g/mol. The van der Waals surface area contributed by atoms with E-state index in [2.05, 4.69) is 10.6 Å². The molecule has 1 fully saturated rings. The van der Waals surface area contributed by atoms with Gasteiger partial charge in [-0.3, -0.25) is 4.79 Å². The molecule has 190 valence electrons. The van der Waals surface area contributed by atoms with Crippen molar-refractivity contribution in [1.29, 1.82) is 0 Å². The molecule has 37 heavy (non-hydrogen) atoms. The number of imidazole rings is 1. The van der Waals surface area contributed by atoms with E-state index in [-0.39, 0.29) is 11.8 Å². The van der Waals surface area contributed by atoms with Crippen LogP contribution >= 0.6 is 0 Å². The normalized spacial score (nSPS) is 15.6. The van der Waals surface area contributed by atoms with Crippen molar-refractivity contribution in [2.24, 2.45) is 0 Å². The van der Waals surface area contributed by atoms with E-state index in [9.17, 15) is 4.79 Å². The quantitative estimate of drug-likeness (QED) is 0.297. The number of hydrogen-bond acceptors (Lipinski definition) is 5. The SMILES string of the molecule is C/C=C/c1ccc(OCCn2c(C3CC(=O)N(c4ccc(OC)cc4)C3)nc3ccccc32)c(OC)c1. The molecule has 1 amide bonds. The predicted octanol–water partition coefficient (Wildman–Crippen LogP) is 5.69. The number of carbonyl (C=O) groups is 1. The topological polar surface area (TPSA) is 65.8 Å². The minimum Gasteiger partial charge on any atom is -0.497 e. The van der Waals surface area contributed by atoms with E-state index >= 15 is 0 Å². The Labute approximate surface area is 216 Å². The summed E-state index contributed by atoms with van der Waals surface area (Å²) in [5.74, 6) is 3.14. The lowest BCUT2D eigenvalue weighted by Crippen LogP contribution is -2.24. The van der Waals surface area contributed by atoms with Crippen LogP contribution in [0.4, 0.5) is 5.69 Å². The molecule has 1 aliphatic rings. The monoisotopic (exact) mass is 497 g/mol.